The highest BCUT2D eigenvalue weighted by atomic mass is 32.2. The highest BCUT2D eigenvalue weighted by Gasteiger charge is 2.09. The second-order valence-corrected chi connectivity index (χ2v) is 5.88. The highest BCUT2D eigenvalue weighted by molar-refractivity contribution is 7.99. The molecule has 0 saturated carbocycles. The van der Waals surface area contributed by atoms with E-state index in [1.165, 1.54) is 5.56 Å². The third-order valence-corrected chi connectivity index (χ3v) is 3.88. The fourth-order valence-electron chi connectivity index (χ4n) is 1.76. The van der Waals surface area contributed by atoms with E-state index in [1.807, 2.05) is 44.8 Å². The zero-order valence-electron chi connectivity index (χ0n) is 12.1. The molecule has 0 amide bonds. The molecule has 0 fully saturated rings. The lowest BCUT2D eigenvalue weighted by atomic mass is 10.1. The van der Waals surface area contributed by atoms with Crippen molar-refractivity contribution in [1.29, 1.82) is 0 Å². The number of ether oxygens (including phenoxy) is 1. The summed E-state index contributed by atoms with van der Waals surface area (Å²) in [5, 5.41) is 12.1. The van der Waals surface area contributed by atoms with Crippen LogP contribution in [0, 0.1) is 0 Å². The molecule has 0 bridgehead atoms. The molecule has 2 N–H and O–H groups in total. The Balaban J connectivity index is 2.51. The van der Waals surface area contributed by atoms with Crippen molar-refractivity contribution in [3.63, 3.8) is 0 Å². The molecule has 1 atom stereocenters. The van der Waals surface area contributed by atoms with Gasteiger partial charge in [-0.3, -0.25) is 0 Å². The van der Waals surface area contributed by atoms with E-state index in [0.717, 1.165) is 23.7 Å². The van der Waals surface area contributed by atoms with Crippen LogP contribution in [0.25, 0.3) is 0 Å². The number of hydrogen-bond acceptors (Lipinski definition) is 4. The molecule has 1 aromatic carbocycles. The number of nitrogens with one attached hydrogen (secondary N) is 1. The summed E-state index contributed by atoms with van der Waals surface area (Å²) in [7, 11) is 1.98. The molecule has 0 heterocycles. The summed E-state index contributed by atoms with van der Waals surface area (Å²) in [4.78, 5) is 0. The van der Waals surface area contributed by atoms with Crippen molar-refractivity contribution in [2.24, 2.45) is 0 Å². The average molecular weight is 283 g/mol. The van der Waals surface area contributed by atoms with Crippen molar-refractivity contribution in [2.45, 2.75) is 32.4 Å². The smallest absolute Gasteiger partial charge is 0.119 e. The van der Waals surface area contributed by atoms with Gasteiger partial charge in [0, 0.05) is 18.4 Å². The summed E-state index contributed by atoms with van der Waals surface area (Å²) in [5.74, 6) is 2.94. The molecule has 1 rings (SSSR count). The Morgan fingerprint density at radius 2 is 1.95 bits per heavy atom. The molecule has 0 radical (unpaired) electrons. The maximum atomic E-state index is 8.77. The van der Waals surface area contributed by atoms with Crippen LogP contribution in [-0.2, 0) is 0 Å². The molecule has 4 heteroatoms. The lowest BCUT2D eigenvalue weighted by molar-refractivity contribution is 0.242. The Labute approximate surface area is 120 Å². The molecular weight excluding hydrogens is 258 g/mol. The largest absolute Gasteiger partial charge is 0.491 e. The second-order valence-electron chi connectivity index (χ2n) is 4.73. The maximum absolute atomic E-state index is 8.77. The summed E-state index contributed by atoms with van der Waals surface area (Å²) in [6.45, 7) is 4.34. The molecule has 0 aliphatic carbocycles. The van der Waals surface area contributed by atoms with Crippen molar-refractivity contribution in [2.75, 3.05) is 25.2 Å². The first-order chi connectivity index (χ1) is 9.17. The quantitative estimate of drug-likeness (QED) is 0.684. The van der Waals surface area contributed by atoms with E-state index in [2.05, 4.69) is 17.4 Å². The summed E-state index contributed by atoms with van der Waals surface area (Å²) in [6.07, 6.45) is 1.07. The standard InChI is InChI=1S/C15H25NO2S/c1-12(2)18-14-7-5-13(6-8-14)15(16-3)11-19-10-4-9-17/h5-8,12,15-17H,4,9-11H2,1-3H3. The Kier molecular flexibility index (Phi) is 7.94. The van der Waals surface area contributed by atoms with Crippen LogP contribution < -0.4 is 10.1 Å². The second kappa shape index (κ2) is 9.23. The van der Waals surface area contributed by atoms with Crippen molar-refractivity contribution in [3.05, 3.63) is 29.8 Å². The molecule has 108 valence electrons. The fourth-order valence-corrected chi connectivity index (χ4v) is 2.86. The lowest BCUT2D eigenvalue weighted by Crippen LogP contribution is -2.19. The summed E-state index contributed by atoms with van der Waals surface area (Å²) in [5.41, 5.74) is 1.27. The van der Waals surface area contributed by atoms with Gasteiger partial charge in [-0.2, -0.15) is 11.8 Å². The molecule has 0 saturated heterocycles. The average Bonchev–Trinajstić information content (AvgIpc) is 2.40. The van der Waals surface area contributed by atoms with Crippen LogP contribution in [0.3, 0.4) is 0 Å². The minimum atomic E-state index is 0.208. The minimum absolute atomic E-state index is 0.208. The van der Waals surface area contributed by atoms with E-state index in [0.29, 0.717) is 6.04 Å². The monoisotopic (exact) mass is 283 g/mol. The van der Waals surface area contributed by atoms with E-state index in [1.54, 1.807) is 0 Å². The van der Waals surface area contributed by atoms with Gasteiger partial charge in [0.15, 0.2) is 0 Å². The van der Waals surface area contributed by atoms with Crippen molar-refractivity contribution >= 4 is 11.8 Å². The van der Waals surface area contributed by atoms with Crippen molar-refractivity contribution in [3.8, 4) is 5.75 Å². The number of benzene rings is 1. The van der Waals surface area contributed by atoms with Crippen LogP contribution in [0.15, 0.2) is 24.3 Å². The van der Waals surface area contributed by atoms with Gasteiger partial charge in [-0.25, -0.2) is 0 Å². The maximum Gasteiger partial charge on any atom is 0.119 e. The van der Waals surface area contributed by atoms with Crippen molar-refractivity contribution < 1.29 is 9.84 Å². The van der Waals surface area contributed by atoms with E-state index < -0.39 is 0 Å². The number of aliphatic hydroxyl groups excluding tert-OH is 1. The van der Waals surface area contributed by atoms with E-state index in [9.17, 15) is 0 Å². The van der Waals surface area contributed by atoms with Gasteiger partial charge < -0.3 is 15.2 Å². The molecule has 19 heavy (non-hydrogen) atoms. The Bertz CT molecular complexity index is 341. The van der Waals surface area contributed by atoms with Gasteiger partial charge in [0.05, 0.1) is 6.10 Å². The van der Waals surface area contributed by atoms with Crippen LogP contribution >= 0.6 is 11.8 Å². The van der Waals surface area contributed by atoms with Gasteiger partial charge in [-0.05, 0) is 50.8 Å². The first-order valence-electron chi connectivity index (χ1n) is 6.80. The zero-order chi connectivity index (χ0) is 14.1. The van der Waals surface area contributed by atoms with Gasteiger partial charge in [-0.15, -0.1) is 0 Å². The SMILES string of the molecule is CNC(CSCCCO)c1ccc(OC(C)C)cc1. The van der Waals surface area contributed by atoms with E-state index in [-0.39, 0.29) is 12.7 Å². The van der Waals surface area contributed by atoms with Crippen LogP contribution in [0.5, 0.6) is 5.75 Å². The predicted octanol–water partition coefficient (Wildman–Crippen LogP) is 2.85. The van der Waals surface area contributed by atoms with Gasteiger partial charge in [0.25, 0.3) is 0 Å². The molecule has 3 nitrogen and oxygen atoms in total. The first kappa shape index (κ1) is 16.3. The van der Waals surface area contributed by atoms with Gasteiger partial charge >= 0.3 is 0 Å². The molecule has 0 aliphatic heterocycles. The van der Waals surface area contributed by atoms with Crippen LogP contribution in [0.1, 0.15) is 31.9 Å². The van der Waals surface area contributed by atoms with Gasteiger partial charge in [0.2, 0.25) is 0 Å². The predicted molar refractivity (Wildman–Crippen MR) is 83.0 cm³/mol. The number of hydrogen-bond donors (Lipinski definition) is 2. The Hall–Kier alpha value is -0.710. The molecule has 1 unspecified atom stereocenters. The molecule has 1 aromatic rings. The number of rotatable bonds is 9. The highest BCUT2D eigenvalue weighted by Crippen LogP contribution is 2.21. The number of thioether (sulfide) groups is 1. The Morgan fingerprint density at radius 3 is 2.47 bits per heavy atom. The summed E-state index contributed by atoms with van der Waals surface area (Å²) in [6, 6.07) is 8.63. The molecule has 0 aromatic heterocycles. The van der Waals surface area contributed by atoms with Crippen LogP contribution in [0.2, 0.25) is 0 Å². The molecule has 0 aliphatic rings. The molecule has 0 spiro atoms. The minimum Gasteiger partial charge on any atom is -0.491 e. The Morgan fingerprint density at radius 1 is 1.26 bits per heavy atom. The third kappa shape index (κ3) is 6.32. The fraction of sp³-hybridized carbons (Fsp3) is 0.600. The van der Waals surface area contributed by atoms with E-state index >= 15 is 0 Å². The topological polar surface area (TPSA) is 41.5 Å². The normalized spacial score (nSPS) is 12.7. The van der Waals surface area contributed by atoms with Crippen LogP contribution in [0.4, 0.5) is 0 Å². The van der Waals surface area contributed by atoms with Crippen LogP contribution in [-0.4, -0.2) is 36.4 Å². The van der Waals surface area contributed by atoms with E-state index in [4.69, 9.17) is 9.84 Å². The first-order valence-corrected chi connectivity index (χ1v) is 7.95. The van der Waals surface area contributed by atoms with Gasteiger partial charge in [0.1, 0.15) is 5.75 Å². The number of aliphatic hydroxyl groups is 1. The molecular formula is C15H25NO2S. The zero-order valence-corrected chi connectivity index (χ0v) is 12.9. The van der Waals surface area contributed by atoms with Gasteiger partial charge in [-0.1, -0.05) is 12.1 Å². The lowest BCUT2D eigenvalue weighted by Gasteiger charge is -2.17. The summed E-state index contributed by atoms with van der Waals surface area (Å²) >= 11 is 1.87. The third-order valence-electron chi connectivity index (χ3n) is 2.73. The summed E-state index contributed by atoms with van der Waals surface area (Å²) < 4.78 is 5.64. The van der Waals surface area contributed by atoms with Crippen molar-refractivity contribution in [1.82, 2.24) is 5.32 Å².